The average molecular weight is 920 g/mol. The van der Waals surface area contributed by atoms with Gasteiger partial charge in [-0.2, -0.15) is 0 Å². The second kappa shape index (κ2) is 51.8. The van der Waals surface area contributed by atoms with Crippen molar-refractivity contribution in [2.24, 2.45) is 11.8 Å². The Hall–Kier alpha value is -1.59. The van der Waals surface area contributed by atoms with Gasteiger partial charge in [-0.25, -0.2) is 0 Å². The van der Waals surface area contributed by atoms with E-state index in [4.69, 9.17) is 14.2 Å². The van der Waals surface area contributed by atoms with Crippen LogP contribution in [-0.2, 0) is 28.6 Å². The summed E-state index contributed by atoms with van der Waals surface area (Å²) >= 11 is 0. The van der Waals surface area contributed by atoms with Crippen molar-refractivity contribution in [1.29, 1.82) is 0 Å². The second-order valence-electron chi connectivity index (χ2n) is 21.0. The van der Waals surface area contributed by atoms with Gasteiger partial charge in [0.1, 0.15) is 13.2 Å². The molecule has 2 atom stereocenters. The van der Waals surface area contributed by atoms with Crippen LogP contribution in [0.1, 0.15) is 330 Å². The fourth-order valence-corrected chi connectivity index (χ4v) is 9.02. The van der Waals surface area contributed by atoms with Gasteiger partial charge < -0.3 is 14.2 Å². The SMILES string of the molecule is CCCCCCCCCCCCCCCCCCC(=O)OC[C@H](COC(=O)CCCCCCCCCCCCC(C)CC)OC(=O)CCCCCCCCCCCCCCCCC(C)C. The molecule has 1 unspecified atom stereocenters. The molecule has 0 rings (SSSR count). The zero-order chi connectivity index (χ0) is 47.5. The molecule has 0 aromatic carbocycles. The Balaban J connectivity index is 4.31. The van der Waals surface area contributed by atoms with Crippen LogP contribution in [0.5, 0.6) is 0 Å². The van der Waals surface area contributed by atoms with Gasteiger partial charge in [-0.05, 0) is 31.1 Å². The Morgan fingerprint density at radius 1 is 0.323 bits per heavy atom. The molecule has 0 aromatic heterocycles. The molecule has 0 fully saturated rings. The van der Waals surface area contributed by atoms with Crippen LogP contribution in [0.25, 0.3) is 0 Å². The third kappa shape index (κ3) is 51.6. The van der Waals surface area contributed by atoms with E-state index in [1.165, 1.54) is 218 Å². The molecule has 0 aliphatic heterocycles. The lowest BCUT2D eigenvalue weighted by molar-refractivity contribution is -0.167. The highest BCUT2D eigenvalue weighted by molar-refractivity contribution is 5.71. The average Bonchev–Trinajstić information content (AvgIpc) is 3.29. The van der Waals surface area contributed by atoms with Gasteiger partial charge in [0.05, 0.1) is 0 Å². The van der Waals surface area contributed by atoms with E-state index in [9.17, 15) is 14.4 Å². The molecule has 0 aliphatic rings. The van der Waals surface area contributed by atoms with Gasteiger partial charge in [0.2, 0.25) is 0 Å². The maximum Gasteiger partial charge on any atom is 0.306 e. The van der Waals surface area contributed by atoms with Gasteiger partial charge in [-0.15, -0.1) is 0 Å². The number of carbonyl (C=O) groups excluding carboxylic acids is 3. The number of esters is 3. The molecule has 0 saturated carbocycles. The van der Waals surface area contributed by atoms with Crippen molar-refractivity contribution in [2.45, 2.75) is 336 Å². The molecule has 0 radical (unpaired) electrons. The maximum atomic E-state index is 12.9. The minimum atomic E-state index is -0.763. The van der Waals surface area contributed by atoms with Crippen LogP contribution in [0.3, 0.4) is 0 Å². The summed E-state index contributed by atoms with van der Waals surface area (Å²) in [6.07, 6.45) is 55.1. The monoisotopic (exact) mass is 919 g/mol. The van der Waals surface area contributed by atoms with Crippen molar-refractivity contribution in [2.75, 3.05) is 13.2 Å². The largest absolute Gasteiger partial charge is 0.462 e. The molecule has 0 spiro atoms. The summed E-state index contributed by atoms with van der Waals surface area (Å²) in [6.45, 7) is 11.4. The Morgan fingerprint density at radius 2 is 0.585 bits per heavy atom. The van der Waals surface area contributed by atoms with Crippen molar-refractivity contribution in [3.05, 3.63) is 0 Å². The molecule has 0 amide bonds. The number of ether oxygens (including phenoxy) is 3. The predicted octanol–water partition coefficient (Wildman–Crippen LogP) is 19.3. The molecule has 0 bridgehead atoms. The predicted molar refractivity (Wildman–Crippen MR) is 280 cm³/mol. The molecule has 0 aliphatic carbocycles. The Morgan fingerprint density at radius 3 is 0.877 bits per heavy atom. The minimum absolute atomic E-state index is 0.0626. The number of unbranched alkanes of at least 4 members (excludes halogenated alkanes) is 37. The lowest BCUT2D eigenvalue weighted by Gasteiger charge is -2.18. The fraction of sp³-hybridized carbons (Fsp3) is 0.949. The fourth-order valence-electron chi connectivity index (χ4n) is 9.02. The van der Waals surface area contributed by atoms with Crippen molar-refractivity contribution in [1.82, 2.24) is 0 Å². The molecular formula is C59H114O6. The second-order valence-corrected chi connectivity index (χ2v) is 21.0. The molecule has 6 heteroatoms. The lowest BCUT2D eigenvalue weighted by atomic mass is 9.99. The summed E-state index contributed by atoms with van der Waals surface area (Å²) in [6, 6.07) is 0. The summed E-state index contributed by atoms with van der Waals surface area (Å²) in [5, 5.41) is 0. The van der Waals surface area contributed by atoms with Gasteiger partial charge >= 0.3 is 17.9 Å². The molecular weight excluding hydrogens is 805 g/mol. The van der Waals surface area contributed by atoms with E-state index >= 15 is 0 Å². The van der Waals surface area contributed by atoms with E-state index in [1.807, 2.05) is 0 Å². The third-order valence-electron chi connectivity index (χ3n) is 13.8. The van der Waals surface area contributed by atoms with E-state index in [0.29, 0.717) is 19.3 Å². The van der Waals surface area contributed by atoms with Crippen LogP contribution in [0.4, 0.5) is 0 Å². The molecule has 0 heterocycles. The number of hydrogen-bond donors (Lipinski definition) is 0. The smallest absolute Gasteiger partial charge is 0.306 e. The highest BCUT2D eigenvalue weighted by atomic mass is 16.6. The van der Waals surface area contributed by atoms with E-state index in [-0.39, 0.29) is 31.1 Å². The topological polar surface area (TPSA) is 78.9 Å². The van der Waals surface area contributed by atoms with E-state index in [1.54, 1.807) is 0 Å². The standard InChI is InChI=1S/C59H114O6/c1-6-8-9-10-11-12-13-14-15-16-20-23-29-34-39-44-49-57(60)63-52-56(53-64-58(61)50-45-40-35-30-26-25-28-33-38-43-48-55(5)7-2)65-59(62)51-46-41-36-31-24-21-18-17-19-22-27-32-37-42-47-54(3)4/h54-56H,6-53H2,1-5H3/t55?,56-/m1/s1. The maximum absolute atomic E-state index is 12.9. The molecule has 0 saturated heterocycles. The van der Waals surface area contributed by atoms with Crippen LogP contribution in [0.15, 0.2) is 0 Å². The zero-order valence-corrected chi connectivity index (χ0v) is 44.6. The summed E-state index contributed by atoms with van der Waals surface area (Å²) in [4.78, 5) is 38.2. The van der Waals surface area contributed by atoms with Crippen LogP contribution in [0.2, 0.25) is 0 Å². The Labute approximate surface area is 406 Å². The Bertz CT molecular complexity index is 995. The Kier molecular flexibility index (Phi) is 50.5. The quantitative estimate of drug-likeness (QED) is 0.0344. The van der Waals surface area contributed by atoms with Gasteiger partial charge in [0.15, 0.2) is 6.10 Å². The first kappa shape index (κ1) is 63.4. The zero-order valence-electron chi connectivity index (χ0n) is 44.6. The van der Waals surface area contributed by atoms with Crippen molar-refractivity contribution in [3.63, 3.8) is 0 Å². The first-order chi connectivity index (χ1) is 31.8. The van der Waals surface area contributed by atoms with Crippen LogP contribution < -0.4 is 0 Å². The number of rotatable bonds is 53. The summed E-state index contributed by atoms with van der Waals surface area (Å²) in [5.41, 5.74) is 0. The molecule has 386 valence electrons. The summed E-state index contributed by atoms with van der Waals surface area (Å²) < 4.78 is 16.9. The van der Waals surface area contributed by atoms with E-state index < -0.39 is 6.10 Å². The van der Waals surface area contributed by atoms with Crippen LogP contribution >= 0.6 is 0 Å². The highest BCUT2D eigenvalue weighted by Gasteiger charge is 2.19. The lowest BCUT2D eigenvalue weighted by Crippen LogP contribution is -2.30. The molecule has 65 heavy (non-hydrogen) atoms. The molecule has 0 aromatic rings. The van der Waals surface area contributed by atoms with Crippen molar-refractivity contribution in [3.8, 4) is 0 Å². The third-order valence-corrected chi connectivity index (χ3v) is 13.8. The minimum Gasteiger partial charge on any atom is -0.462 e. The van der Waals surface area contributed by atoms with Gasteiger partial charge in [0, 0.05) is 19.3 Å². The van der Waals surface area contributed by atoms with Crippen molar-refractivity contribution < 1.29 is 28.6 Å². The summed E-state index contributed by atoms with van der Waals surface area (Å²) in [5.74, 6) is 0.875. The summed E-state index contributed by atoms with van der Waals surface area (Å²) in [7, 11) is 0. The van der Waals surface area contributed by atoms with Gasteiger partial charge in [-0.1, -0.05) is 291 Å². The first-order valence-corrected chi connectivity index (χ1v) is 29.3. The van der Waals surface area contributed by atoms with Crippen LogP contribution in [-0.4, -0.2) is 37.2 Å². The first-order valence-electron chi connectivity index (χ1n) is 29.3. The highest BCUT2D eigenvalue weighted by Crippen LogP contribution is 2.19. The van der Waals surface area contributed by atoms with E-state index in [2.05, 4.69) is 34.6 Å². The number of carbonyl (C=O) groups is 3. The van der Waals surface area contributed by atoms with Gasteiger partial charge in [-0.3, -0.25) is 14.4 Å². The van der Waals surface area contributed by atoms with Crippen molar-refractivity contribution >= 4 is 17.9 Å². The molecule has 0 N–H and O–H groups in total. The van der Waals surface area contributed by atoms with E-state index in [0.717, 1.165) is 69.6 Å². The van der Waals surface area contributed by atoms with Gasteiger partial charge in [0.25, 0.3) is 0 Å². The van der Waals surface area contributed by atoms with Crippen LogP contribution in [0, 0.1) is 11.8 Å². The normalized spacial score (nSPS) is 12.5. The number of hydrogen-bond acceptors (Lipinski definition) is 6. The molecule has 6 nitrogen and oxygen atoms in total.